The van der Waals surface area contributed by atoms with Gasteiger partial charge in [0, 0.05) is 21.9 Å². The highest BCUT2D eigenvalue weighted by Gasteiger charge is 2.30. The first-order chi connectivity index (χ1) is 16.1. The lowest BCUT2D eigenvalue weighted by molar-refractivity contribution is 0.340. The van der Waals surface area contributed by atoms with E-state index in [1.807, 2.05) is 18.2 Å². The standard InChI is InChI=1S/C32H44O2/c1-22(2)10-7-12-24(5)13-9-18-32(6)19-17-27-29(21-32)31(34)26-16-15-25(14-8-11-23(3)4)20-28(26)30(27)33/h10-11,15-17,19-20,24,33-34H,7-9,12-14,18,21H2,1-6H3. The van der Waals surface area contributed by atoms with Gasteiger partial charge in [0.05, 0.1) is 0 Å². The van der Waals surface area contributed by atoms with Gasteiger partial charge in [0.25, 0.3) is 0 Å². The summed E-state index contributed by atoms with van der Waals surface area (Å²) in [6, 6.07) is 6.11. The smallest absolute Gasteiger partial charge is 0.131 e. The number of phenolic OH excluding ortho intramolecular Hbond substituents is 2. The number of hydrogen-bond acceptors (Lipinski definition) is 2. The highest BCUT2D eigenvalue weighted by Crippen LogP contribution is 2.47. The number of phenols is 2. The predicted octanol–water partition coefficient (Wildman–Crippen LogP) is 9.28. The first-order valence-electron chi connectivity index (χ1n) is 13.0. The van der Waals surface area contributed by atoms with Crippen molar-refractivity contribution in [3.8, 4) is 11.5 Å². The number of aryl methyl sites for hydroxylation is 1. The van der Waals surface area contributed by atoms with Gasteiger partial charge in [0.1, 0.15) is 11.5 Å². The third kappa shape index (κ3) is 6.56. The van der Waals surface area contributed by atoms with Crippen molar-refractivity contribution in [3.05, 3.63) is 64.3 Å². The summed E-state index contributed by atoms with van der Waals surface area (Å²) in [4.78, 5) is 0. The van der Waals surface area contributed by atoms with Gasteiger partial charge in [-0.15, -0.1) is 0 Å². The second kappa shape index (κ2) is 11.3. The van der Waals surface area contributed by atoms with Crippen LogP contribution in [0.3, 0.4) is 0 Å². The summed E-state index contributed by atoms with van der Waals surface area (Å²) in [5.74, 6) is 1.37. The van der Waals surface area contributed by atoms with E-state index in [1.165, 1.54) is 42.4 Å². The topological polar surface area (TPSA) is 40.5 Å². The average molecular weight is 461 g/mol. The van der Waals surface area contributed by atoms with Crippen LogP contribution in [0, 0.1) is 11.3 Å². The number of fused-ring (bicyclic) bond motifs is 2. The molecule has 0 aromatic heterocycles. The molecule has 0 saturated carbocycles. The minimum Gasteiger partial charge on any atom is -0.507 e. The third-order valence-corrected chi connectivity index (χ3v) is 7.34. The Labute approximate surface area is 207 Å². The highest BCUT2D eigenvalue weighted by molar-refractivity contribution is 5.98. The zero-order chi connectivity index (χ0) is 24.9. The number of allylic oxidation sites excluding steroid dienone is 5. The molecular formula is C32H44O2. The van der Waals surface area contributed by atoms with Crippen LogP contribution in [-0.2, 0) is 12.8 Å². The fraction of sp³-hybridized carbons (Fsp3) is 0.500. The lowest BCUT2D eigenvalue weighted by atomic mass is 9.73. The summed E-state index contributed by atoms with van der Waals surface area (Å²) >= 11 is 0. The van der Waals surface area contributed by atoms with E-state index in [1.54, 1.807) is 0 Å². The summed E-state index contributed by atoms with van der Waals surface area (Å²) in [6.07, 6.45) is 17.5. The molecule has 0 spiro atoms. The van der Waals surface area contributed by atoms with E-state index in [0.717, 1.165) is 53.5 Å². The number of benzene rings is 2. The molecule has 2 atom stereocenters. The van der Waals surface area contributed by atoms with Gasteiger partial charge in [-0.05, 0) is 89.2 Å². The van der Waals surface area contributed by atoms with Gasteiger partial charge < -0.3 is 10.2 Å². The van der Waals surface area contributed by atoms with Gasteiger partial charge in [-0.2, -0.15) is 0 Å². The molecule has 3 rings (SSSR count). The van der Waals surface area contributed by atoms with Crippen molar-refractivity contribution in [1.82, 2.24) is 0 Å². The van der Waals surface area contributed by atoms with E-state index in [4.69, 9.17) is 0 Å². The van der Waals surface area contributed by atoms with E-state index >= 15 is 0 Å². The zero-order valence-corrected chi connectivity index (χ0v) is 22.2. The molecule has 0 bridgehead atoms. The van der Waals surface area contributed by atoms with Crippen LogP contribution >= 0.6 is 0 Å². The molecular weight excluding hydrogens is 416 g/mol. The van der Waals surface area contributed by atoms with Gasteiger partial charge in [-0.3, -0.25) is 0 Å². The maximum absolute atomic E-state index is 11.2. The second-order valence-corrected chi connectivity index (χ2v) is 11.3. The van der Waals surface area contributed by atoms with Crippen LogP contribution in [0.4, 0.5) is 0 Å². The molecule has 0 amide bonds. The minimum atomic E-state index is 0.00845. The van der Waals surface area contributed by atoms with Gasteiger partial charge >= 0.3 is 0 Å². The largest absolute Gasteiger partial charge is 0.507 e. The highest BCUT2D eigenvalue weighted by atomic mass is 16.3. The van der Waals surface area contributed by atoms with Crippen LogP contribution in [0.15, 0.2) is 47.6 Å². The Morgan fingerprint density at radius 1 is 0.971 bits per heavy atom. The van der Waals surface area contributed by atoms with Crippen molar-refractivity contribution in [1.29, 1.82) is 0 Å². The summed E-state index contributed by atoms with van der Waals surface area (Å²) < 4.78 is 0. The number of rotatable bonds is 10. The van der Waals surface area contributed by atoms with Crippen molar-refractivity contribution in [2.45, 2.75) is 92.9 Å². The Balaban J connectivity index is 1.73. The van der Waals surface area contributed by atoms with E-state index in [-0.39, 0.29) is 5.41 Å². The van der Waals surface area contributed by atoms with Crippen molar-refractivity contribution >= 4 is 16.8 Å². The predicted molar refractivity (Wildman–Crippen MR) is 148 cm³/mol. The van der Waals surface area contributed by atoms with Gasteiger partial charge in [-0.25, -0.2) is 0 Å². The van der Waals surface area contributed by atoms with Crippen LogP contribution in [0.25, 0.3) is 16.8 Å². The first kappa shape index (κ1) is 26.1. The third-order valence-electron chi connectivity index (χ3n) is 7.34. The SMILES string of the molecule is CC(C)=CCCc1ccc2c(O)c3c(c(O)c2c1)C=CC(C)(CCCC(C)CCC=C(C)C)C3. The Bertz CT molecular complexity index is 1090. The van der Waals surface area contributed by atoms with Crippen LogP contribution in [0.2, 0.25) is 0 Å². The molecule has 2 unspecified atom stereocenters. The quantitative estimate of drug-likeness (QED) is 0.274. The lowest BCUT2D eigenvalue weighted by Crippen LogP contribution is -2.20. The van der Waals surface area contributed by atoms with Crippen molar-refractivity contribution in [2.24, 2.45) is 11.3 Å². The normalized spacial score (nSPS) is 17.9. The Kier molecular flexibility index (Phi) is 8.68. The monoisotopic (exact) mass is 460 g/mol. The molecule has 0 saturated heterocycles. The Morgan fingerprint density at radius 3 is 2.38 bits per heavy atom. The molecule has 0 heterocycles. The molecule has 0 fully saturated rings. The van der Waals surface area contributed by atoms with Crippen LogP contribution < -0.4 is 0 Å². The fourth-order valence-electron chi connectivity index (χ4n) is 5.19. The summed E-state index contributed by atoms with van der Waals surface area (Å²) in [6.45, 7) is 13.2. The molecule has 1 aliphatic rings. The Hall–Kier alpha value is -2.48. The molecule has 2 N–H and O–H groups in total. The minimum absolute atomic E-state index is 0.00845. The number of aromatic hydroxyl groups is 2. The lowest BCUT2D eigenvalue weighted by Gasteiger charge is -2.32. The van der Waals surface area contributed by atoms with E-state index in [0.29, 0.717) is 11.5 Å². The van der Waals surface area contributed by atoms with Crippen LogP contribution in [0.5, 0.6) is 11.5 Å². The zero-order valence-electron chi connectivity index (χ0n) is 22.2. The van der Waals surface area contributed by atoms with Gasteiger partial charge in [0.2, 0.25) is 0 Å². The molecule has 2 aromatic rings. The maximum atomic E-state index is 11.2. The van der Waals surface area contributed by atoms with Crippen LogP contribution in [0.1, 0.15) is 96.8 Å². The first-order valence-corrected chi connectivity index (χ1v) is 13.0. The molecule has 184 valence electrons. The maximum Gasteiger partial charge on any atom is 0.131 e. The van der Waals surface area contributed by atoms with E-state index < -0.39 is 0 Å². The van der Waals surface area contributed by atoms with Gasteiger partial charge in [-0.1, -0.05) is 74.3 Å². The van der Waals surface area contributed by atoms with Crippen molar-refractivity contribution in [3.63, 3.8) is 0 Å². The molecule has 34 heavy (non-hydrogen) atoms. The number of hydrogen-bond donors (Lipinski definition) is 2. The van der Waals surface area contributed by atoms with E-state index in [2.05, 4.69) is 65.8 Å². The van der Waals surface area contributed by atoms with Gasteiger partial charge in [0.15, 0.2) is 0 Å². The molecule has 2 aromatic carbocycles. The summed E-state index contributed by atoms with van der Waals surface area (Å²) in [5, 5.41) is 23.8. The molecule has 1 aliphatic carbocycles. The molecule has 0 aliphatic heterocycles. The van der Waals surface area contributed by atoms with E-state index in [9.17, 15) is 10.2 Å². The average Bonchev–Trinajstić information content (AvgIpc) is 2.77. The van der Waals surface area contributed by atoms with Crippen molar-refractivity contribution in [2.75, 3.05) is 0 Å². The van der Waals surface area contributed by atoms with Crippen LogP contribution in [-0.4, -0.2) is 10.2 Å². The fourth-order valence-corrected chi connectivity index (χ4v) is 5.19. The molecule has 2 heteroatoms. The second-order valence-electron chi connectivity index (χ2n) is 11.3. The van der Waals surface area contributed by atoms with Crippen molar-refractivity contribution < 1.29 is 10.2 Å². The molecule has 2 nitrogen and oxygen atoms in total. The summed E-state index contributed by atoms with van der Waals surface area (Å²) in [7, 11) is 0. The molecule has 0 radical (unpaired) electrons. The summed E-state index contributed by atoms with van der Waals surface area (Å²) in [5.41, 5.74) is 5.60. The Morgan fingerprint density at radius 2 is 1.68 bits per heavy atom.